The Morgan fingerprint density at radius 3 is 2.62 bits per heavy atom. The molecule has 134 valence electrons. The van der Waals surface area contributed by atoms with Crippen LogP contribution in [-0.2, 0) is 9.53 Å². The minimum absolute atomic E-state index is 0.138. The van der Waals surface area contributed by atoms with Crippen LogP contribution in [0.25, 0.3) is 11.0 Å². The molecular formula is C19H17NO5S. The van der Waals surface area contributed by atoms with Crippen LogP contribution in [0.4, 0.5) is 5.00 Å². The molecular weight excluding hydrogens is 354 g/mol. The van der Waals surface area contributed by atoms with Gasteiger partial charge in [-0.15, -0.1) is 11.3 Å². The lowest BCUT2D eigenvalue weighted by Crippen LogP contribution is -2.16. The van der Waals surface area contributed by atoms with Gasteiger partial charge >= 0.3 is 5.97 Å². The standard InChI is InChI=1S/C19H17NO5S/c1-10-11(2)26-18(20-12(3)21)17(10)19(23)24-9-14(22)16-8-13-6-4-5-7-15(13)25-16/h4-8H,9H2,1-3H3,(H,20,21). The molecule has 0 fully saturated rings. The van der Waals surface area contributed by atoms with Crippen LogP contribution >= 0.6 is 11.3 Å². The number of para-hydroxylation sites is 1. The number of benzene rings is 1. The zero-order chi connectivity index (χ0) is 18.8. The minimum atomic E-state index is -0.653. The van der Waals surface area contributed by atoms with Gasteiger partial charge in [0.05, 0.1) is 5.56 Å². The van der Waals surface area contributed by atoms with Gasteiger partial charge in [-0.3, -0.25) is 9.59 Å². The van der Waals surface area contributed by atoms with E-state index in [1.165, 1.54) is 18.3 Å². The van der Waals surface area contributed by atoms with Crippen LogP contribution in [0.3, 0.4) is 0 Å². The number of aryl methyl sites for hydroxylation is 1. The molecule has 0 unspecified atom stereocenters. The zero-order valence-electron chi connectivity index (χ0n) is 14.5. The summed E-state index contributed by atoms with van der Waals surface area (Å²) in [5.41, 5.74) is 1.60. The Hall–Kier alpha value is -2.93. The molecule has 3 aromatic rings. The molecule has 0 aliphatic heterocycles. The number of carbonyl (C=O) groups excluding carboxylic acids is 3. The SMILES string of the molecule is CC(=O)Nc1sc(C)c(C)c1C(=O)OCC(=O)c1cc2ccccc2o1. The van der Waals surface area contributed by atoms with Crippen LogP contribution < -0.4 is 5.32 Å². The van der Waals surface area contributed by atoms with Crippen molar-refractivity contribution in [2.45, 2.75) is 20.8 Å². The summed E-state index contributed by atoms with van der Waals surface area (Å²) < 4.78 is 10.6. The van der Waals surface area contributed by atoms with Crippen molar-refractivity contribution in [3.8, 4) is 0 Å². The fourth-order valence-electron chi connectivity index (χ4n) is 2.51. The van der Waals surface area contributed by atoms with E-state index >= 15 is 0 Å². The van der Waals surface area contributed by atoms with E-state index in [9.17, 15) is 14.4 Å². The second kappa shape index (κ2) is 7.13. The number of anilines is 1. The smallest absolute Gasteiger partial charge is 0.341 e. The Labute approximate surface area is 153 Å². The monoisotopic (exact) mass is 371 g/mol. The van der Waals surface area contributed by atoms with E-state index in [-0.39, 0.29) is 17.2 Å². The maximum atomic E-state index is 12.4. The largest absolute Gasteiger partial charge is 0.453 e. The highest BCUT2D eigenvalue weighted by Gasteiger charge is 2.23. The average molecular weight is 371 g/mol. The second-order valence-corrected chi connectivity index (χ2v) is 7.04. The van der Waals surface area contributed by atoms with Gasteiger partial charge in [-0.2, -0.15) is 0 Å². The number of carbonyl (C=O) groups is 3. The molecule has 0 atom stereocenters. The molecule has 2 heterocycles. The van der Waals surface area contributed by atoms with Gasteiger partial charge in [0.15, 0.2) is 12.4 Å². The first-order valence-corrected chi connectivity index (χ1v) is 8.75. The van der Waals surface area contributed by atoms with Crippen LogP contribution in [0.15, 0.2) is 34.7 Å². The molecule has 1 amide bonds. The van der Waals surface area contributed by atoms with Crippen LogP contribution in [0, 0.1) is 13.8 Å². The summed E-state index contributed by atoms with van der Waals surface area (Å²) in [4.78, 5) is 36.9. The maximum absolute atomic E-state index is 12.4. The molecule has 3 rings (SSSR count). The van der Waals surface area contributed by atoms with E-state index in [1.54, 1.807) is 19.1 Å². The number of ether oxygens (including phenoxy) is 1. The predicted molar refractivity (Wildman–Crippen MR) is 98.9 cm³/mol. The Morgan fingerprint density at radius 1 is 1.19 bits per heavy atom. The molecule has 0 bridgehead atoms. The lowest BCUT2D eigenvalue weighted by Gasteiger charge is -2.06. The van der Waals surface area contributed by atoms with Crippen molar-refractivity contribution in [3.63, 3.8) is 0 Å². The number of fused-ring (bicyclic) bond motifs is 1. The summed E-state index contributed by atoms with van der Waals surface area (Å²) in [5, 5.41) is 3.86. The van der Waals surface area contributed by atoms with E-state index in [4.69, 9.17) is 9.15 Å². The average Bonchev–Trinajstić information content (AvgIpc) is 3.13. The number of thiophene rings is 1. The Balaban J connectivity index is 1.74. The minimum Gasteiger partial charge on any atom is -0.453 e. The highest BCUT2D eigenvalue weighted by molar-refractivity contribution is 7.16. The number of hydrogen-bond donors (Lipinski definition) is 1. The molecule has 0 saturated carbocycles. The quantitative estimate of drug-likeness (QED) is 0.539. The molecule has 1 N–H and O–H groups in total. The van der Waals surface area contributed by atoms with Crippen molar-refractivity contribution in [3.05, 3.63) is 52.1 Å². The summed E-state index contributed by atoms with van der Waals surface area (Å²) in [6.45, 7) is 4.55. The normalized spacial score (nSPS) is 10.7. The van der Waals surface area contributed by atoms with E-state index in [0.717, 1.165) is 15.8 Å². The van der Waals surface area contributed by atoms with Crippen LogP contribution in [0.2, 0.25) is 0 Å². The van der Waals surface area contributed by atoms with Crippen molar-refractivity contribution < 1.29 is 23.5 Å². The van der Waals surface area contributed by atoms with E-state index in [1.807, 2.05) is 25.1 Å². The molecule has 0 saturated heterocycles. The molecule has 7 heteroatoms. The third-order valence-corrected chi connectivity index (χ3v) is 5.04. The fraction of sp³-hybridized carbons (Fsp3) is 0.211. The van der Waals surface area contributed by atoms with E-state index < -0.39 is 18.4 Å². The first-order valence-electron chi connectivity index (χ1n) is 7.93. The lowest BCUT2D eigenvalue weighted by atomic mass is 10.1. The molecule has 2 aromatic heterocycles. The Bertz CT molecular complexity index is 981. The summed E-state index contributed by atoms with van der Waals surface area (Å²) in [6, 6.07) is 8.87. The predicted octanol–water partition coefficient (Wildman–Crippen LogP) is 4.11. The number of nitrogens with one attached hydrogen (secondary N) is 1. The van der Waals surface area contributed by atoms with E-state index in [0.29, 0.717) is 10.6 Å². The van der Waals surface area contributed by atoms with Crippen LogP contribution in [-0.4, -0.2) is 24.3 Å². The summed E-state index contributed by atoms with van der Waals surface area (Å²) in [7, 11) is 0. The molecule has 0 aliphatic carbocycles. The highest BCUT2D eigenvalue weighted by Crippen LogP contribution is 2.33. The van der Waals surface area contributed by atoms with Gasteiger partial charge in [0.25, 0.3) is 0 Å². The van der Waals surface area contributed by atoms with Crippen molar-refractivity contribution in [1.82, 2.24) is 0 Å². The summed E-state index contributed by atoms with van der Waals surface area (Å²) in [6.07, 6.45) is 0. The number of Topliss-reactive ketones (excluding diaryl/α,β-unsaturated/α-hetero) is 1. The van der Waals surface area contributed by atoms with Gasteiger partial charge < -0.3 is 14.5 Å². The summed E-state index contributed by atoms with van der Waals surface area (Å²) >= 11 is 1.30. The first-order chi connectivity index (χ1) is 12.4. The van der Waals surface area contributed by atoms with Crippen molar-refractivity contribution in [2.24, 2.45) is 0 Å². The van der Waals surface area contributed by atoms with Gasteiger partial charge in [0.2, 0.25) is 11.7 Å². The third kappa shape index (κ3) is 3.52. The first kappa shape index (κ1) is 17.9. The maximum Gasteiger partial charge on any atom is 0.341 e. The number of hydrogen-bond acceptors (Lipinski definition) is 6. The Morgan fingerprint density at radius 2 is 1.92 bits per heavy atom. The van der Waals surface area contributed by atoms with Gasteiger partial charge in [0, 0.05) is 17.2 Å². The molecule has 0 radical (unpaired) electrons. The molecule has 0 spiro atoms. The van der Waals surface area contributed by atoms with Gasteiger partial charge in [-0.25, -0.2) is 4.79 Å². The third-order valence-electron chi connectivity index (χ3n) is 3.91. The van der Waals surface area contributed by atoms with Gasteiger partial charge in [-0.05, 0) is 31.5 Å². The number of rotatable bonds is 5. The van der Waals surface area contributed by atoms with Crippen LogP contribution in [0.5, 0.6) is 0 Å². The lowest BCUT2D eigenvalue weighted by molar-refractivity contribution is -0.114. The number of amides is 1. The Kier molecular flexibility index (Phi) is 4.90. The number of furan rings is 1. The topological polar surface area (TPSA) is 85.6 Å². The van der Waals surface area contributed by atoms with Crippen LogP contribution in [0.1, 0.15) is 38.3 Å². The van der Waals surface area contributed by atoms with Crippen molar-refractivity contribution >= 4 is 45.0 Å². The summed E-state index contributed by atoms with van der Waals surface area (Å²) in [5.74, 6) is -1.22. The molecule has 6 nitrogen and oxygen atoms in total. The van der Waals surface area contributed by atoms with Gasteiger partial charge in [0.1, 0.15) is 10.6 Å². The number of ketones is 1. The highest BCUT2D eigenvalue weighted by atomic mass is 32.1. The molecule has 1 aromatic carbocycles. The number of esters is 1. The van der Waals surface area contributed by atoms with E-state index in [2.05, 4.69) is 5.32 Å². The molecule has 26 heavy (non-hydrogen) atoms. The molecule has 0 aliphatic rings. The van der Waals surface area contributed by atoms with Crippen molar-refractivity contribution in [2.75, 3.05) is 11.9 Å². The fourth-order valence-corrected chi connectivity index (χ4v) is 3.61. The zero-order valence-corrected chi connectivity index (χ0v) is 15.4. The second-order valence-electron chi connectivity index (χ2n) is 5.82. The van der Waals surface area contributed by atoms with Gasteiger partial charge in [-0.1, -0.05) is 18.2 Å². The van der Waals surface area contributed by atoms with Crippen molar-refractivity contribution in [1.29, 1.82) is 0 Å².